The molecule has 4 bridgehead atoms. The minimum Gasteiger partial charge on any atom is -0.376 e. The third kappa shape index (κ3) is 4.20. The Morgan fingerprint density at radius 3 is 2.72 bits per heavy atom. The topological polar surface area (TPSA) is 63.8 Å². The summed E-state index contributed by atoms with van der Waals surface area (Å²) < 4.78 is 18.1. The van der Waals surface area contributed by atoms with Crippen LogP contribution in [0.25, 0.3) is 0 Å². The van der Waals surface area contributed by atoms with E-state index in [0.29, 0.717) is 55.8 Å². The van der Waals surface area contributed by atoms with Gasteiger partial charge < -0.3 is 19.5 Å². The molecule has 144 valence electrons. The van der Waals surface area contributed by atoms with Crippen LogP contribution in [0.15, 0.2) is 0 Å². The molecule has 3 saturated heterocycles. The van der Waals surface area contributed by atoms with Crippen LogP contribution in [0.4, 0.5) is 0 Å². The first-order chi connectivity index (χ1) is 12.2. The molecule has 25 heavy (non-hydrogen) atoms. The van der Waals surface area contributed by atoms with Gasteiger partial charge in [0, 0.05) is 18.6 Å². The number of ether oxygens (including phenoxy) is 3. The van der Waals surface area contributed by atoms with Gasteiger partial charge in [-0.25, -0.2) is 0 Å². The van der Waals surface area contributed by atoms with Crippen LogP contribution in [0.5, 0.6) is 0 Å². The average Bonchev–Trinajstić information content (AvgIpc) is 3.04. The lowest BCUT2D eigenvalue weighted by molar-refractivity contribution is -0.0782. The first kappa shape index (κ1) is 18.1. The van der Waals surface area contributed by atoms with Gasteiger partial charge in [-0.2, -0.15) is 0 Å². The molecule has 0 spiro atoms. The molecule has 4 fully saturated rings. The average molecular weight is 354 g/mol. The molecule has 0 amide bonds. The zero-order valence-electron chi connectivity index (χ0n) is 15.7. The van der Waals surface area contributed by atoms with Crippen LogP contribution in [0.3, 0.4) is 0 Å². The normalized spacial score (nSPS) is 49.2. The van der Waals surface area contributed by atoms with Crippen LogP contribution >= 0.6 is 0 Å². The quantitative estimate of drug-likeness (QED) is 0.605. The van der Waals surface area contributed by atoms with Gasteiger partial charge in [-0.3, -0.25) is 10.9 Å². The predicted molar refractivity (Wildman–Crippen MR) is 96.2 cm³/mol. The number of rotatable bonds is 0. The smallest absolute Gasteiger partial charge is 0.0784 e. The van der Waals surface area contributed by atoms with E-state index in [1.54, 1.807) is 0 Å². The van der Waals surface area contributed by atoms with E-state index in [1.165, 1.54) is 12.8 Å². The van der Waals surface area contributed by atoms with Gasteiger partial charge in [-0.05, 0) is 63.8 Å². The second-order valence-electron chi connectivity index (χ2n) is 8.53. The Labute approximate surface area is 151 Å². The van der Waals surface area contributed by atoms with E-state index in [2.05, 4.69) is 30.0 Å². The molecule has 0 aromatic rings. The van der Waals surface area contributed by atoms with Crippen molar-refractivity contribution >= 4 is 0 Å². The lowest BCUT2D eigenvalue weighted by Gasteiger charge is -2.40. The van der Waals surface area contributed by atoms with Crippen molar-refractivity contribution in [2.75, 3.05) is 32.9 Å². The number of piperidine rings is 1. The van der Waals surface area contributed by atoms with Gasteiger partial charge in [0.05, 0.1) is 38.1 Å². The monoisotopic (exact) mass is 353 g/mol. The van der Waals surface area contributed by atoms with Crippen molar-refractivity contribution in [2.24, 2.45) is 17.8 Å². The summed E-state index contributed by atoms with van der Waals surface area (Å²) in [5, 5.41) is 3.66. The Hall–Kier alpha value is -0.240. The lowest BCUT2D eigenvalue weighted by atomic mass is 9.73. The molecule has 6 nitrogen and oxygen atoms in total. The first-order valence-corrected chi connectivity index (χ1v) is 10.3. The fourth-order valence-corrected chi connectivity index (χ4v) is 5.33. The molecule has 3 N–H and O–H groups in total. The van der Waals surface area contributed by atoms with Gasteiger partial charge in [0.25, 0.3) is 0 Å². The van der Waals surface area contributed by atoms with Crippen LogP contribution in [-0.4, -0.2) is 63.3 Å². The molecule has 3 heterocycles. The molecule has 6 unspecified atom stereocenters. The molecule has 1 aliphatic carbocycles. The molecule has 8 atom stereocenters. The fourth-order valence-electron chi connectivity index (χ4n) is 5.33. The van der Waals surface area contributed by atoms with Crippen LogP contribution < -0.4 is 16.2 Å². The van der Waals surface area contributed by atoms with Gasteiger partial charge in [0.15, 0.2) is 0 Å². The van der Waals surface area contributed by atoms with E-state index in [0.717, 1.165) is 25.9 Å². The Bertz CT molecular complexity index is 438. The van der Waals surface area contributed by atoms with Gasteiger partial charge in [-0.15, -0.1) is 0 Å². The molecule has 1 saturated carbocycles. The summed E-state index contributed by atoms with van der Waals surface area (Å²) in [6, 6.07) is 1.14. The zero-order valence-corrected chi connectivity index (χ0v) is 15.7. The van der Waals surface area contributed by atoms with Crippen LogP contribution in [-0.2, 0) is 14.2 Å². The summed E-state index contributed by atoms with van der Waals surface area (Å²) >= 11 is 0. The summed E-state index contributed by atoms with van der Waals surface area (Å²) in [5.41, 5.74) is 7.23. The van der Waals surface area contributed by atoms with Crippen molar-refractivity contribution in [1.82, 2.24) is 16.2 Å². The first-order valence-electron chi connectivity index (χ1n) is 10.3. The summed E-state index contributed by atoms with van der Waals surface area (Å²) in [6.07, 6.45) is 5.56. The van der Waals surface area contributed by atoms with Crippen molar-refractivity contribution in [1.29, 1.82) is 0 Å². The summed E-state index contributed by atoms with van der Waals surface area (Å²) in [7, 11) is 0. The van der Waals surface area contributed by atoms with Crippen molar-refractivity contribution in [2.45, 2.75) is 69.9 Å². The maximum Gasteiger partial charge on any atom is 0.0784 e. The Kier molecular flexibility index (Phi) is 5.94. The molecule has 0 aromatic carbocycles. The predicted octanol–water partition coefficient (Wildman–Crippen LogP) is 1.07. The Morgan fingerprint density at radius 1 is 0.920 bits per heavy atom. The van der Waals surface area contributed by atoms with Gasteiger partial charge in [-0.1, -0.05) is 0 Å². The summed E-state index contributed by atoms with van der Waals surface area (Å²) in [6.45, 7) is 8.52. The summed E-state index contributed by atoms with van der Waals surface area (Å²) in [4.78, 5) is 0. The van der Waals surface area contributed by atoms with Crippen molar-refractivity contribution in [3.8, 4) is 0 Å². The molecule has 4 rings (SSSR count). The number of nitrogens with one attached hydrogen (secondary N) is 3. The maximum absolute atomic E-state index is 6.31. The van der Waals surface area contributed by atoms with Gasteiger partial charge in [0.2, 0.25) is 0 Å². The maximum atomic E-state index is 6.31. The van der Waals surface area contributed by atoms with Crippen LogP contribution in [0.2, 0.25) is 0 Å². The molecule has 4 aliphatic rings. The summed E-state index contributed by atoms with van der Waals surface area (Å²) in [5.74, 6) is 1.91. The standard InChI is InChI=1S/C19H35N3O3/c1-12-11-23-5-6-24-13(2)14-7-15(10-20-9-14)19-17-8-16(25-12)3-4-18(17)21-22-19/h12-22H,3-11H2,1-2H3/t12-,13-,14?,15?,16?,17?,18?,19?/m0/s1. The minimum absolute atomic E-state index is 0.158. The molecule has 3 aliphatic heterocycles. The third-order valence-electron chi connectivity index (χ3n) is 6.72. The second-order valence-corrected chi connectivity index (χ2v) is 8.53. The van der Waals surface area contributed by atoms with E-state index in [-0.39, 0.29) is 12.2 Å². The van der Waals surface area contributed by atoms with E-state index < -0.39 is 0 Å². The van der Waals surface area contributed by atoms with E-state index in [1.807, 2.05) is 0 Å². The Morgan fingerprint density at radius 2 is 1.80 bits per heavy atom. The highest BCUT2D eigenvalue weighted by Crippen LogP contribution is 2.37. The number of hydrazine groups is 1. The molecular weight excluding hydrogens is 318 g/mol. The second kappa shape index (κ2) is 8.19. The van der Waals surface area contributed by atoms with Crippen molar-refractivity contribution < 1.29 is 14.2 Å². The zero-order chi connectivity index (χ0) is 17.2. The highest BCUT2D eigenvalue weighted by molar-refractivity contribution is 5.00. The SMILES string of the molecule is C[C@@H]1OCCOC[C@H](C)OC2CCC3NNC(C4CNCC1C4)C3C2. The third-order valence-corrected chi connectivity index (χ3v) is 6.72. The minimum atomic E-state index is 0.158. The highest BCUT2D eigenvalue weighted by atomic mass is 16.6. The molecule has 6 heteroatoms. The molecule has 0 aromatic heterocycles. The number of fused-ring (bicyclic) bond motifs is 4. The van der Waals surface area contributed by atoms with Gasteiger partial charge in [0.1, 0.15) is 0 Å². The lowest BCUT2D eigenvalue weighted by Crippen LogP contribution is -2.50. The van der Waals surface area contributed by atoms with Crippen LogP contribution in [0, 0.1) is 17.8 Å². The van der Waals surface area contributed by atoms with Gasteiger partial charge >= 0.3 is 0 Å². The van der Waals surface area contributed by atoms with Crippen LogP contribution in [0.1, 0.15) is 39.5 Å². The number of hydrogen-bond donors (Lipinski definition) is 3. The number of hydrogen-bond acceptors (Lipinski definition) is 6. The van der Waals surface area contributed by atoms with E-state index >= 15 is 0 Å². The molecular formula is C19H35N3O3. The molecule has 0 radical (unpaired) electrons. The van der Waals surface area contributed by atoms with E-state index in [9.17, 15) is 0 Å². The highest BCUT2D eigenvalue weighted by Gasteiger charge is 2.45. The van der Waals surface area contributed by atoms with Crippen molar-refractivity contribution in [3.63, 3.8) is 0 Å². The van der Waals surface area contributed by atoms with E-state index in [4.69, 9.17) is 14.2 Å². The Balaban J connectivity index is 1.49. The fraction of sp³-hybridized carbons (Fsp3) is 1.00. The van der Waals surface area contributed by atoms with Crippen molar-refractivity contribution in [3.05, 3.63) is 0 Å². The largest absolute Gasteiger partial charge is 0.376 e.